The summed E-state index contributed by atoms with van der Waals surface area (Å²) in [6.07, 6.45) is 2.50. The first-order valence-electron chi connectivity index (χ1n) is 10.4. The molecule has 1 amide bonds. The molecule has 156 valence electrons. The molecule has 0 aliphatic carbocycles. The summed E-state index contributed by atoms with van der Waals surface area (Å²) < 4.78 is 13.1. The summed E-state index contributed by atoms with van der Waals surface area (Å²) in [6, 6.07) is 13.7. The van der Waals surface area contributed by atoms with Crippen LogP contribution in [0, 0.1) is 5.82 Å². The Balaban J connectivity index is 1.30. The van der Waals surface area contributed by atoms with E-state index in [1.165, 1.54) is 12.1 Å². The van der Waals surface area contributed by atoms with E-state index in [-0.39, 0.29) is 17.3 Å². The van der Waals surface area contributed by atoms with Crippen molar-refractivity contribution in [2.75, 3.05) is 31.1 Å². The zero-order chi connectivity index (χ0) is 20.9. The van der Waals surface area contributed by atoms with Crippen LogP contribution < -0.4 is 10.5 Å². The predicted octanol–water partition coefficient (Wildman–Crippen LogP) is 3.12. The fourth-order valence-corrected chi connectivity index (χ4v) is 3.90. The zero-order valence-corrected chi connectivity index (χ0v) is 16.8. The molecule has 1 aromatic heterocycles. The van der Waals surface area contributed by atoms with Crippen molar-refractivity contribution in [2.45, 2.75) is 25.7 Å². The summed E-state index contributed by atoms with van der Waals surface area (Å²) in [5.74, 6) is 0.497. The highest BCUT2D eigenvalue weighted by Crippen LogP contribution is 2.17. The number of amides is 1. The monoisotopic (exact) mass is 408 g/mol. The SMILES string of the molecule is O=C(CCCc1nc2ccccc2c(=O)[nH]1)N1CCCN(c2ccc(F)cc2)CC1. The van der Waals surface area contributed by atoms with E-state index >= 15 is 0 Å². The van der Waals surface area contributed by atoms with Crippen molar-refractivity contribution in [3.05, 3.63) is 70.5 Å². The third-order valence-electron chi connectivity index (χ3n) is 5.51. The third-order valence-corrected chi connectivity index (χ3v) is 5.51. The lowest BCUT2D eigenvalue weighted by Gasteiger charge is -2.23. The van der Waals surface area contributed by atoms with Gasteiger partial charge in [-0.05, 0) is 49.2 Å². The highest BCUT2D eigenvalue weighted by Gasteiger charge is 2.19. The first kappa shape index (κ1) is 20.1. The van der Waals surface area contributed by atoms with Gasteiger partial charge in [-0.3, -0.25) is 9.59 Å². The molecule has 0 radical (unpaired) electrons. The van der Waals surface area contributed by atoms with E-state index in [1.54, 1.807) is 18.2 Å². The van der Waals surface area contributed by atoms with Gasteiger partial charge in [0.05, 0.1) is 10.9 Å². The number of carbonyl (C=O) groups excluding carboxylic acids is 1. The lowest BCUT2D eigenvalue weighted by Crippen LogP contribution is -2.35. The average Bonchev–Trinajstić information content (AvgIpc) is 3.01. The van der Waals surface area contributed by atoms with Crippen LogP contribution in [0.2, 0.25) is 0 Å². The van der Waals surface area contributed by atoms with Crippen LogP contribution in [-0.2, 0) is 11.2 Å². The number of halogens is 1. The Bertz CT molecular complexity index is 1080. The molecule has 0 unspecified atom stereocenters. The standard InChI is InChI=1S/C23H25FN4O2/c24-17-9-11-18(12-10-17)27-13-4-14-28(16-15-27)22(29)8-3-7-21-25-20-6-2-1-5-19(20)23(30)26-21/h1-2,5-6,9-12H,3-4,7-8,13-16H2,(H,25,26,30). The number of para-hydroxylation sites is 1. The Morgan fingerprint density at radius 1 is 1.03 bits per heavy atom. The molecule has 1 aliphatic rings. The number of nitrogens with zero attached hydrogens (tertiary/aromatic N) is 3. The molecule has 1 N–H and O–H groups in total. The first-order valence-corrected chi connectivity index (χ1v) is 10.4. The van der Waals surface area contributed by atoms with E-state index < -0.39 is 0 Å². The van der Waals surface area contributed by atoms with Crippen molar-refractivity contribution in [3.8, 4) is 0 Å². The molecule has 7 heteroatoms. The molecule has 1 saturated heterocycles. The van der Waals surface area contributed by atoms with Crippen molar-refractivity contribution < 1.29 is 9.18 Å². The van der Waals surface area contributed by atoms with E-state index in [9.17, 15) is 14.0 Å². The lowest BCUT2D eigenvalue weighted by molar-refractivity contribution is -0.131. The smallest absolute Gasteiger partial charge is 0.258 e. The minimum atomic E-state index is -0.243. The summed E-state index contributed by atoms with van der Waals surface area (Å²) in [5, 5.41) is 0.576. The second-order valence-electron chi connectivity index (χ2n) is 7.58. The second kappa shape index (κ2) is 9.07. The zero-order valence-electron chi connectivity index (χ0n) is 16.8. The third kappa shape index (κ3) is 4.67. The van der Waals surface area contributed by atoms with Crippen molar-refractivity contribution in [1.29, 1.82) is 0 Å². The number of carbonyl (C=O) groups is 1. The van der Waals surface area contributed by atoms with E-state index in [0.29, 0.717) is 42.5 Å². The van der Waals surface area contributed by atoms with Crippen molar-refractivity contribution in [2.24, 2.45) is 0 Å². The molecule has 30 heavy (non-hydrogen) atoms. The molecule has 1 fully saturated rings. The van der Waals surface area contributed by atoms with Gasteiger partial charge < -0.3 is 14.8 Å². The Hall–Kier alpha value is -3.22. The summed E-state index contributed by atoms with van der Waals surface area (Å²) in [7, 11) is 0. The van der Waals surface area contributed by atoms with Gasteiger partial charge in [0.15, 0.2) is 0 Å². The van der Waals surface area contributed by atoms with Gasteiger partial charge in [0.1, 0.15) is 11.6 Å². The molecule has 4 rings (SSSR count). The number of nitrogens with one attached hydrogen (secondary N) is 1. The van der Waals surface area contributed by atoms with Crippen LogP contribution in [0.25, 0.3) is 10.9 Å². The number of hydrogen-bond donors (Lipinski definition) is 1. The first-order chi connectivity index (χ1) is 14.6. The van der Waals surface area contributed by atoms with Gasteiger partial charge in [0.25, 0.3) is 5.56 Å². The molecule has 2 heterocycles. The van der Waals surface area contributed by atoms with Gasteiger partial charge >= 0.3 is 0 Å². The molecular weight excluding hydrogens is 383 g/mol. The van der Waals surface area contributed by atoms with Crippen LogP contribution in [0.1, 0.15) is 25.1 Å². The molecular formula is C23H25FN4O2. The van der Waals surface area contributed by atoms with Crippen LogP contribution in [0.4, 0.5) is 10.1 Å². The van der Waals surface area contributed by atoms with Crippen molar-refractivity contribution in [1.82, 2.24) is 14.9 Å². The number of hydrogen-bond acceptors (Lipinski definition) is 4. The predicted molar refractivity (Wildman–Crippen MR) is 115 cm³/mol. The van der Waals surface area contributed by atoms with E-state index in [4.69, 9.17) is 0 Å². The molecule has 0 atom stereocenters. The highest BCUT2D eigenvalue weighted by atomic mass is 19.1. The Morgan fingerprint density at radius 2 is 1.83 bits per heavy atom. The number of fused-ring (bicyclic) bond motifs is 1. The van der Waals surface area contributed by atoms with Gasteiger partial charge in [0, 0.05) is 44.7 Å². The summed E-state index contributed by atoms with van der Waals surface area (Å²) in [4.78, 5) is 36.2. The van der Waals surface area contributed by atoms with Crippen molar-refractivity contribution >= 4 is 22.5 Å². The number of rotatable bonds is 5. The van der Waals surface area contributed by atoms with E-state index in [1.807, 2.05) is 23.1 Å². The van der Waals surface area contributed by atoms with Crippen LogP contribution in [0.15, 0.2) is 53.3 Å². The van der Waals surface area contributed by atoms with E-state index in [0.717, 1.165) is 31.7 Å². The van der Waals surface area contributed by atoms with Crippen molar-refractivity contribution in [3.63, 3.8) is 0 Å². The Morgan fingerprint density at radius 3 is 2.67 bits per heavy atom. The Kier molecular flexibility index (Phi) is 6.07. The topological polar surface area (TPSA) is 69.3 Å². The maximum Gasteiger partial charge on any atom is 0.258 e. The fourth-order valence-electron chi connectivity index (χ4n) is 3.90. The largest absolute Gasteiger partial charge is 0.370 e. The summed E-state index contributed by atoms with van der Waals surface area (Å²) in [6.45, 7) is 2.96. The number of H-pyrrole nitrogens is 1. The Labute approximate surface area is 174 Å². The lowest BCUT2D eigenvalue weighted by atomic mass is 10.2. The fraction of sp³-hybridized carbons (Fsp3) is 0.348. The van der Waals surface area contributed by atoms with Crippen LogP contribution in [0.3, 0.4) is 0 Å². The number of aromatic amines is 1. The minimum absolute atomic E-state index is 0.124. The number of anilines is 1. The molecule has 0 spiro atoms. The molecule has 6 nitrogen and oxygen atoms in total. The van der Waals surface area contributed by atoms with Crippen LogP contribution in [0.5, 0.6) is 0 Å². The minimum Gasteiger partial charge on any atom is -0.370 e. The second-order valence-corrected chi connectivity index (χ2v) is 7.58. The molecule has 0 bridgehead atoms. The van der Waals surface area contributed by atoms with Crippen LogP contribution in [-0.4, -0.2) is 47.0 Å². The average molecular weight is 408 g/mol. The van der Waals surface area contributed by atoms with Gasteiger partial charge in [-0.2, -0.15) is 0 Å². The normalized spacial score (nSPS) is 14.7. The number of aromatic nitrogens is 2. The van der Waals surface area contributed by atoms with Crippen LogP contribution >= 0.6 is 0 Å². The van der Waals surface area contributed by atoms with E-state index in [2.05, 4.69) is 14.9 Å². The maximum atomic E-state index is 13.1. The van der Waals surface area contributed by atoms with Gasteiger partial charge in [-0.25, -0.2) is 9.37 Å². The molecule has 2 aromatic carbocycles. The molecule has 0 saturated carbocycles. The summed E-state index contributed by atoms with van der Waals surface area (Å²) >= 11 is 0. The number of aryl methyl sites for hydroxylation is 1. The van der Waals surface area contributed by atoms with Gasteiger partial charge in [-0.1, -0.05) is 12.1 Å². The van der Waals surface area contributed by atoms with Gasteiger partial charge in [0.2, 0.25) is 5.91 Å². The maximum absolute atomic E-state index is 13.1. The molecule has 3 aromatic rings. The van der Waals surface area contributed by atoms with Gasteiger partial charge in [-0.15, -0.1) is 0 Å². The quantitative estimate of drug-likeness (QED) is 0.704. The summed E-state index contributed by atoms with van der Waals surface area (Å²) in [5.41, 5.74) is 1.52. The molecule has 1 aliphatic heterocycles. The highest BCUT2D eigenvalue weighted by molar-refractivity contribution is 5.77. The number of benzene rings is 2.